The van der Waals surface area contributed by atoms with Gasteiger partial charge in [0, 0.05) is 0 Å². The summed E-state index contributed by atoms with van der Waals surface area (Å²) in [6.07, 6.45) is 5.13. The molecule has 1 saturated carbocycles. The number of carboxylic acids is 1. The van der Waals surface area contributed by atoms with Crippen LogP contribution in [0.5, 0.6) is 0 Å². The molecule has 0 spiro atoms. The lowest BCUT2D eigenvalue weighted by Crippen LogP contribution is -2.47. The Bertz CT molecular complexity index is 378. The second-order valence-electron chi connectivity index (χ2n) is 4.63. The predicted molar refractivity (Wildman–Crippen MR) is 65.5 cm³/mol. The highest BCUT2D eigenvalue weighted by Crippen LogP contribution is 2.37. The molecule has 5 heteroatoms. The molecule has 1 fully saturated rings. The molecule has 0 aromatic heterocycles. The monoisotopic (exact) mass is 250 g/mol. The lowest BCUT2D eigenvalue weighted by Gasteiger charge is -2.22. The number of allylic oxidation sites excluding steroid dienone is 1. The van der Waals surface area contributed by atoms with Crippen LogP contribution in [0.3, 0.4) is 0 Å². The maximum absolute atomic E-state index is 12.1. The van der Waals surface area contributed by atoms with E-state index >= 15 is 0 Å². The Morgan fingerprint density at radius 2 is 2.11 bits per heavy atom. The van der Waals surface area contributed by atoms with E-state index in [0.717, 1.165) is 12.8 Å². The molecule has 0 aromatic carbocycles. The van der Waals surface area contributed by atoms with Crippen LogP contribution in [0.1, 0.15) is 38.5 Å². The summed E-state index contributed by atoms with van der Waals surface area (Å²) in [5.74, 6) is -1.52. The highest BCUT2D eigenvalue weighted by atomic mass is 16.4. The van der Waals surface area contributed by atoms with Crippen LogP contribution in [0.4, 0.5) is 0 Å². The number of carbonyl (C=O) groups is 2. The van der Waals surface area contributed by atoms with Gasteiger partial charge in [0.2, 0.25) is 5.91 Å². The van der Waals surface area contributed by atoms with Crippen molar-refractivity contribution in [2.24, 2.45) is 5.41 Å². The summed E-state index contributed by atoms with van der Waals surface area (Å²) in [7, 11) is 0. The molecule has 2 N–H and O–H groups in total. The molecular formula is C13H18N2O3. The first-order valence-corrected chi connectivity index (χ1v) is 6.11. The molecule has 0 aliphatic heterocycles. The fourth-order valence-electron chi connectivity index (χ4n) is 2.21. The molecule has 0 radical (unpaired) electrons. The highest BCUT2D eigenvalue weighted by Gasteiger charge is 2.42. The Kier molecular flexibility index (Phi) is 4.90. The third kappa shape index (κ3) is 3.10. The van der Waals surface area contributed by atoms with Crippen molar-refractivity contribution in [2.75, 3.05) is 0 Å². The van der Waals surface area contributed by atoms with Gasteiger partial charge in [0.05, 0.1) is 6.07 Å². The van der Waals surface area contributed by atoms with Crippen LogP contribution in [0.15, 0.2) is 12.7 Å². The van der Waals surface area contributed by atoms with Gasteiger partial charge in [-0.15, -0.1) is 6.58 Å². The normalized spacial score (nSPS) is 18.6. The van der Waals surface area contributed by atoms with Gasteiger partial charge < -0.3 is 10.4 Å². The van der Waals surface area contributed by atoms with Crippen molar-refractivity contribution in [2.45, 2.75) is 44.6 Å². The number of carbonyl (C=O) groups excluding carboxylic acids is 1. The van der Waals surface area contributed by atoms with Gasteiger partial charge in [0.1, 0.15) is 11.5 Å². The first-order chi connectivity index (χ1) is 8.55. The maximum atomic E-state index is 12.1. The molecule has 0 saturated heterocycles. The molecule has 1 amide bonds. The fraction of sp³-hybridized carbons (Fsp3) is 0.615. The van der Waals surface area contributed by atoms with Crippen LogP contribution in [0.2, 0.25) is 0 Å². The molecule has 1 aliphatic carbocycles. The van der Waals surface area contributed by atoms with Crippen molar-refractivity contribution in [3.05, 3.63) is 12.7 Å². The zero-order chi connectivity index (χ0) is 13.6. The van der Waals surface area contributed by atoms with E-state index in [1.165, 1.54) is 0 Å². The number of amides is 1. The summed E-state index contributed by atoms with van der Waals surface area (Å²) >= 11 is 0. The Labute approximate surface area is 106 Å². The van der Waals surface area contributed by atoms with Crippen molar-refractivity contribution in [1.29, 1.82) is 5.26 Å². The van der Waals surface area contributed by atoms with E-state index in [2.05, 4.69) is 18.0 Å². The molecule has 1 aliphatic rings. The van der Waals surface area contributed by atoms with E-state index < -0.39 is 23.3 Å². The average molecular weight is 250 g/mol. The molecule has 0 bridgehead atoms. The number of nitrogens with one attached hydrogen (secondary N) is 1. The van der Waals surface area contributed by atoms with Crippen molar-refractivity contribution in [1.82, 2.24) is 5.32 Å². The Hall–Kier alpha value is -1.83. The van der Waals surface area contributed by atoms with Crippen LogP contribution >= 0.6 is 0 Å². The van der Waals surface area contributed by atoms with Gasteiger partial charge in [-0.05, 0) is 25.7 Å². The molecule has 5 nitrogen and oxygen atoms in total. The standard InChI is InChI=1S/C13H18N2O3/c1-2-3-6-10(11(16)17)15-12(18)13(9-14)7-4-5-8-13/h2,10H,1,3-8H2,(H,15,18)(H,16,17). The third-order valence-electron chi connectivity index (χ3n) is 3.37. The van der Waals surface area contributed by atoms with Gasteiger partial charge in [-0.2, -0.15) is 5.26 Å². The van der Waals surface area contributed by atoms with E-state index in [1.807, 2.05) is 0 Å². The van der Waals surface area contributed by atoms with E-state index in [0.29, 0.717) is 25.7 Å². The number of hydrogen-bond donors (Lipinski definition) is 2. The minimum absolute atomic E-state index is 0.298. The second kappa shape index (κ2) is 6.20. The van der Waals surface area contributed by atoms with Crippen LogP contribution in [0, 0.1) is 16.7 Å². The molecule has 1 unspecified atom stereocenters. The first-order valence-electron chi connectivity index (χ1n) is 6.11. The number of carboxylic acid groups (broad SMARTS) is 1. The summed E-state index contributed by atoms with van der Waals surface area (Å²) in [6.45, 7) is 3.52. The van der Waals surface area contributed by atoms with Gasteiger partial charge in [-0.25, -0.2) is 4.79 Å². The van der Waals surface area contributed by atoms with Gasteiger partial charge in [0.25, 0.3) is 0 Å². The molecule has 1 rings (SSSR count). The summed E-state index contributed by atoms with van der Waals surface area (Å²) in [4.78, 5) is 23.1. The van der Waals surface area contributed by atoms with Gasteiger partial charge in [-0.3, -0.25) is 4.79 Å². The number of rotatable bonds is 6. The van der Waals surface area contributed by atoms with Crippen LogP contribution in [-0.2, 0) is 9.59 Å². The summed E-state index contributed by atoms with van der Waals surface area (Å²) < 4.78 is 0. The topological polar surface area (TPSA) is 90.2 Å². The summed E-state index contributed by atoms with van der Waals surface area (Å²) in [5.41, 5.74) is -1.03. The Morgan fingerprint density at radius 1 is 1.50 bits per heavy atom. The molecule has 0 aromatic rings. The van der Waals surface area contributed by atoms with E-state index in [-0.39, 0.29) is 0 Å². The second-order valence-corrected chi connectivity index (χ2v) is 4.63. The van der Waals surface area contributed by atoms with Crippen molar-refractivity contribution < 1.29 is 14.7 Å². The van der Waals surface area contributed by atoms with Crippen LogP contribution < -0.4 is 5.32 Å². The van der Waals surface area contributed by atoms with Crippen molar-refractivity contribution >= 4 is 11.9 Å². The minimum atomic E-state index is -1.07. The van der Waals surface area contributed by atoms with Crippen LogP contribution in [0.25, 0.3) is 0 Å². The Balaban J connectivity index is 2.68. The summed E-state index contributed by atoms with van der Waals surface area (Å²) in [5, 5.41) is 20.6. The largest absolute Gasteiger partial charge is 0.480 e. The first kappa shape index (κ1) is 14.2. The number of hydrogen-bond acceptors (Lipinski definition) is 3. The van der Waals surface area contributed by atoms with Crippen LogP contribution in [-0.4, -0.2) is 23.0 Å². The van der Waals surface area contributed by atoms with E-state index in [1.54, 1.807) is 6.08 Å². The minimum Gasteiger partial charge on any atom is -0.480 e. The van der Waals surface area contributed by atoms with Crippen molar-refractivity contribution in [3.8, 4) is 6.07 Å². The molecule has 98 valence electrons. The Morgan fingerprint density at radius 3 is 2.56 bits per heavy atom. The summed E-state index contributed by atoms with van der Waals surface area (Å²) in [6, 6.07) is 1.11. The SMILES string of the molecule is C=CCCC(NC(=O)C1(C#N)CCCC1)C(=O)O. The molecule has 0 heterocycles. The average Bonchev–Trinajstić information content (AvgIpc) is 2.83. The van der Waals surface area contributed by atoms with Gasteiger partial charge >= 0.3 is 5.97 Å². The lowest BCUT2D eigenvalue weighted by molar-refractivity contribution is -0.143. The van der Waals surface area contributed by atoms with E-state index in [9.17, 15) is 9.59 Å². The van der Waals surface area contributed by atoms with E-state index in [4.69, 9.17) is 10.4 Å². The molecule has 1 atom stereocenters. The maximum Gasteiger partial charge on any atom is 0.326 e. The molecule has 18 heavy (non-hydrogen) atoms. The number of aliphatic carboxylic acids is 1. The van der Waals surface area contributed by atoms with Crippen molar-refractivity contribution in [3.63, 3.8) is 0 Å². The highest BCUT2D eigenvalue weighted by molar-refractivity contribution is 5.89. The fourth-order valence-corrected chi connectivity index (χ4v) is 2.21. The number of nitriles is 1. The zero-order valence-electron chi connectivity index (χ0n) is 10.3. The van der Waals surface area contributed by atoms with Gasteiger partial charge in [-0.1, -0.05) is 18.9 Å². The zero-order valence-corrected chi connectivity index (χ0v) is 10.3. The smallest absolute Gasteiger partial charge is 0.326 e. The predicted octanol–water partition coefficient (Wildman–Crippen LogP) is 1.61. The third-order valence-corrected chi connectivity index (χ3v) is 3.37. The number of nitrogens with zero attached hydrogens (tertiary/aromatic N) is 1. The lowest BCUT2D eigenvalue weighted by atomic mass is 9.86. The van der Waals surface area contributed by atoms with Gasteiger partial charge in [0.15, 0.2) is 0 Å². The molecular weight excluding hydrogens is 232 g/mol. The quantitative estimate of drug-likeness (QED) is 0.701.